The van der Waals surface area contributed by atoms with E-state index in [2.05, 4.69) is 79.2 Å². The third-order valence-corrected chi connectivity index (χ3v) is 12.2. The molecule has 1 aliphatic heterocycles. The van der Waals surface area contributed by atoms with Gasteiger partial charge in [0.15, 0.2) is 0 Å². The number of amides is 2. The molecule has 240 valence electrons. The fraction of sp³-hybridized carbons (Fsp3) is 0.545. The van der Waals surface area contributed by atoms with E-state index in [-0.39, 0.29) is 12.8 Å². The van der Waals surface area contributed by atoms with Crippen LogP contribution in [0, 0.1) is 5.92 Å². The summed E-state index contributed by atoms with van der Waals surface area (Å²) < 4.78 is 8.82. The molecule has 10 nitrogen and oxygen atoms in total. The predicted octanol–water partition coefficient (Wildman–Crippen LogP) is 6.10. The molecule has 0 spiro atoms. The van der Waals surface area contributed by atoms with Crippen LogP contribution in [-0.4, -0.2) is 82.7 Å². The van der Waals surface area contributed by atoms with Crippen LogP contribution < -0.4 is 5.32 Å². The number of carbonyl (C=O) groups is 2. The Hall–Kier alpha value is -3.19. The van der Waals surface area contributed by atoms with Crippen LogP contribution in [0.3, 0.4) is 0 Å². The van der Waals surface area contributed by atoms with Crippen LogP contribution in [-0.2, 0) is 21.1 Å². The summed E-state index contributed by atoms with van der Waals surface area (Å²) >= 11 is 1.78. The Morgan fingerprint density at radius 1 is 1.13 bits per heavy atom. The molecule has 2 atom stereocenters. The molecule has 6 rings (SSSR count). The highest BCUT2D eigenvalue weighted by Crippen LogP contribution is 2.43. The van der Waals surface area contributed by atoms with E-state index in [0.717, 1.165) is 48.2 Å². The fourth-order valence-electron chi connectivity index (χ4n) is 6.35. The molecule has 2 aliphatic rings. The van der Waals surface area contributed by atoms with Gasteiger partial charge in [-0.1, -0.05) is 32.6 Å². The Morgan fingerprint density at radius 2 is 1.93 bits per heavy atom. The van der Waals surface area contributed by atoms with Crippen LogP contribution in [0.25, 0.3) is 21.1 Å². The number of benzene rings is 1. The first-order chi connectivity index (χ1) is 21.5. The maximum absolute atomic E-state index is 13.8. The minimum atomic E-state index is -1.22. The van der Waals surface area contributed by atoms with E-state index in [4.69, 9.17) is 9.72 Å². The maximum atomic E-state index is 13.8. The smallest absolute Gasteiger partial charge is 0.314 e. The van der Waals surface area contributed by atoms with E-state index in [1.807, 2.05) is 0 Å². The van der Waals surface area contributed by atoms with Crippen LogP contribution in [0.2, 0.25) is 25.7 Å². The van der Waals surface area contributed by atoms with Crippen molar-refractivity contribution in [1.82, 2.24) is 29.5 Å². The molecule has 0 bridgehead atoms. The van der Waals surface area contributed by atoms with E-state index in [1.165, 1.54) is 9.71 Å². The number of hydrogen-bond donors (Lipinski definition) is 1. The number of rotatable bonds is 9. The number of nitrogens with one attached hydrogen (secondary N) is 1. The van der Waals surface area contributed by atoms with Crippen molar-refractivity contribution in [2.75, 3.05) is 32.6 Å². The fourth-order valence-corrected chi connectivity index (χ4v) is 8.18. The van der Waals surface area contributed by atoms with E-state index < -0.39 is 19.9 Å². The van der Waals surface area contributed by atoms with E-state index in [0.29, 0.717) is 42.2 Å². The molecule has 2 amide bonds. The van der Waals surface area contributed by atoms with Gasteiger partial charge in [-0.05, 0) is 69.4 Å². The highest BCUT2D eigenvalue weighted by atomic mass is 32.1. The Balaban J connectivity index is 1.18. The summed E-state index contributed by atoms with van der Waals surface area (Å²) in [6, 6.07) is 7.86. The van der Waals surface area contributed by atoms with Crippen molar-refractivity contribution >= 4 is 58.0 Å². The summed E-state index contributed by atoms with van der Waals surface area (Å²) in [5.74, 6) is -0.393. The standard InChI is InChI=1S/C33H45N7O3SSi/c1-21-7-9-28(22-8-10-29-26(15-22)37-32(44-29)23-13-25(14-23)38(2)3)39(19-21)33(42)31(41)36-27-18-34-16-24-17-35-40(30(24)27)20-43-11-12-45(4,5)6/h8,10,15-18,21,23,25,28H,7,9,11-14,19-20H2,1-6H3,(H,36,41)/t21-,23?,25?,28+/m0/s1. The Labute approximate surface area is 270 Å². The van der Waals surface area contributed by atoms with Gasteiger partial charge in [0.25, 0.3) is 0 Å². The van der Waals surface area contributed by atoms with Crippen molar-refractivity contribution in [3.8, 4) is 0 Å². The number of ether oxygens (including phenoxy) is 1. The van der Waals surface area contributed by atoms with Gasteiger partial charge in [-0.3, -0.25) is 14.6 Å². The Bertz CT molecular complexity index is 1690. The zero-order chi connectivity index (χ0) is 31.9. The van der Waals surface area contributed by atoms with E-state index in [1.54, 1.807) is 39.5 Å². The van der Waals surface area contributed by atoms with E-state index >= 15 is 0 Å². The summed E-state index contributed by atoms with van der Waals surface area (Å²) in [6.45, 7) is 10.5. The number of likely N-dealkylation sites (tertiary alicyclic amines) is 1. The quantitative estimate of drug-likeness (QED) is 0.133. The van der Waals surface area contributed by atoms with Gasteiger partial charge in [-0.25, -0.2) is 9.67 Å². The average Bonchev–Trinajstić information content (AvgIpc) is 3.57. The number of pyridine rings is 1. The molecule has 12 heteroatoms. The number of piperidine rings is 1. The number of anilines is 1. The van der Waals surface area contributed by atoms with Gasteiger partial charge in [0.2, 0.25) is 0 Å². The number of thiazole rings is 1. The second-order valence-electron chi connectivity index (χ2n) is 14.3. The van der Waals surface area contributed by atoms with Gasteiger partial charge < -0.3 is 19.9 Å². The molecule has 0 unspecified atom stereocenters. The van der Waals surface area contributed by atoms with Crippen LogP contribution in [0.4, 0.5) is 5.69 Å². The largest absolute Gasteiger partial charge is 0.360 e. The van der Waals surface area contributed by atoms with Gasteiger partial charge >= 0.3 is 11.8 Å². The molecule has 1 saturated carbocycles. The summed E-state index contributed by atoms with van der Waals surface area (Å²) in [4.78, 5) is 40.7. The molecule has 3 aromatic heterocycles. The summed E-state index contributed by atoms with van der Waals surface area (Å²) in [7, 11) is 3.06. The molecule has 45 heavy (non-hydrogen) atoms. The third kappa shape index (κ3) is 6.98. The SMILES string of the molecule is C[C@H]1CC[C@H](c2ccc3sc(C4CC(N(C)C)C4)nc3c2)N(C(=O)C(=O)Nc2cncc3cnn(COCC[Si](C)(C)C)c23)C1. The minimum Gasteiger partial charge on any atom is -0.360 e. The summed E-state index contributed by atoms with van der Waals surface area (Å²) in [5, 5.41) is 9.30. The first kappa shape index (κ1) is 31.8. The van der Waals surface area contributed by atoms with Crippen molar-refractivity contribution < 1.29 is 14.3 Å². The zero-order valence-corrected chi connectivity index (χ0v) is 29.1. The summed E-state index contributed by atoms with van der Waals surface area (Å²) in [6.07, 6.45) is 9.06. The Kier molecular flexibility index (Phi) is 9.11. The number of aromatic nitrogens is 4. The van der Waals surface area contributed by atoms with Gasteiger partial charge in [0, 0.05) is 44.8 Å². The highest BCUT2D eigenvalue weighted by molar-refractivity contribution is 7.18. The number of nitrogens with zero attached hydrogens (tertiary/aromatic N) is 6. The number of carbonyl (C=O) groups excluding carboxylic acids is 2. The van der Waals surface area contributed by atoms with Crippen LogP contribution in [0.15, 0.2) is 36.8 Å². The highest BCUT2D eigenvalue weighted by Gasteiger charge is 2.36. The molecule has 1 aliphatic carbocycles. The lowest BCUT2D eigenvalue weighted by atomic mass is 9.80. The van der Waals surface area contributed by atoms with Gasteiger partial charge in [0.1, 0.15) is 6.73 Å². The maximum Gasteiger partial charge on any atom is 0.314 e. The third-order valence-electron chi connectivity index (χ3n) is 9.28. The van der Waals surface area contributed by atoms with E-state index in [9.17, 15) is 9.59 Å². The monoisotopic (exact) mass is 647 g/mol. The molecule has 2 fully saturated rings. The molecule has 1 aromatic carbocycles. The second-order valence-corrected chi connectivity index (χ2v) is 21.0. The first-order valence-corrected chi connectivity index (χ1v) is 20.5. The lowest BCUT2D eigenvalue weighted by Crippen LogP contribution is -2.46. The Morgan fingerprint density at radius 3 is 2.69 bits per heavy atom. The van der Waals surface area contributed by atoms with Crippen LogP contribution in [0.5, 0.6) is 0 Å². The van der Waals surface area contributed by atoms with Gasteiger partial charge in [-0.2, -0.15) is 5.10 Å². The van der Waals surface area contributed by atoms with Crippen molar-refractivity contribution in [3.05, 3.63) is 47.4 Å². The van der Waals surface area contributed by atoms with Crippen molar-refractivity contribution in [1.29, 1.82) is 0 Å². The molecule has 4 heterocycles. The van der Waals surface area contributed by atoms with Crippen molar-refractivity contribution in [2.24, 2.45) is 5.92 Å². The number of hydrogen-bond acceptors (Lipinski definition) is 8. The van der Waals surface area contributed by atoms with Crippen molar-refractivity contribution in [2.45, 2.75) is 83.0 Å². The molecule has 1 N–H and O–H groups in total. The lowest BCUT2D eigenvalue weighted by Gasteiger charge is -2.38. The normalized spacial score (nSPS) is 22.2. The lowest BCUT2D eigenvalue weighted by molar-refractivity contribution is -0.146. The van der Waals surface area contributed by atoms with Crippen LogP contribution in [0.1, 0.15) is 55.1 Å². The van der Waals surface area contributed by atoms with Gasteiger partial charge in [-0.15, -0.1) is 11.3 Å². The first-order valence-electron chi connectivity index (χ1n) is 16.0. The molecular formula is C33H45N7O3SSi. The zero-order valence-electron chi connectivity index (χ0n) is 27.2. The molecule has 0 radical (unpaired) electrons. The van der Waals surface area contributed by atoms with Crippen LogP contribution >= 0.6 is 11.3 Å². The minimum absolute atomic E-state index is 0.185. The summed E-state index contributed by atoms with van der Waals surface area (Å²) in [5.41, 5.74) is 3.15. The average molecular weight is 648 g/mol. The topological polar surface area (TPSA) is 105 Å². The predicted molar refractivity (Wildman–Crippen MR) is 182 cm³/mol. The number of fused-ring (bicyclic) bond motifs is 2. The second kappa shape index (κ2) is 12.9. The van der Waals surface area contributed by atoms with Gasteiger partial charge in [0.05, 0.1) is 44.9 Å². The molecule has 1 saturated heterocycles. The van der Waals surface area contributed by atoms with Crippen molar-refractivity contribution in [3.63, 3.8) is 0 Å². The molecular weight excluding hydrogens is 603 g/mol. The molecule has 4 aromatic rings.